The molecule has 0 saturated carbocycles. The molecular weight excluding hydrogens is 316 g/mol. The van der Waals surface area contributed by atoms with Crippen LogP contribution in [0, 0.1) is 5.82 Å². The lowest BCUT2D eigenvalue weighted by Crippen LogP contribution is -2.41. The van der Waals surface area contributed by atoms with Gasteiger partial charge in [0.25, 0.3) is 0 Å². The van der Waals surface area contributed by atoms with Crippen LogP contribution in [0.1, 0.15) is 40.2 Å². The van der Waals surface area contributed by atoms with E-state index in [4.69, 9.17) is 9.31 Å². The average molecular weight is 337 g/mol. The number of thioether (sulfide) groups is 1. The molecule has 1 fully saturated rings. The number of halogens is 1. The van der Waals surface area contributed by atoms with Crippen molar-refractivity contribution in [3.63, 3.8) is 0 Å². The molecule has 0 unspecified atom stereocenters. The highest BCUT2D eigenvalue weighted by molar-refractivity contribution is 8.13. The van der Waals surface area contributed by atoms with Crippen molar-refractivity contribution in [2.45, 2.75) is 45.8 Å². The minimum atomic E-state index is -0.574. The van der Waals surface area contributed by atoms with Crippen LogP contribution in [0.2, 0.25) is 0 Å². The zero-order valence-corrected chi connectivity index (χ0v) is 14.9. The molecule has 0 N–H and O–H groups in total. The van der Waals surface area contributed by atoms with Crippen LogP contribution in [0.4, 0.5) is 4.39 Å². The first-order valence-electron chi connectivity index (χ1n) is 7.41. The number of carbonyl (C=O) groups excluding carboxylic acids is 1. The lowest BCUT2D eigenvalue weighted by Gasteiger charge is -2.32. The highest BCUT2D eigenvalue weighted by atomic mass is 32.2. The molecule has 0 spiro atoms. The van der Waals surface area contributed by atoms with Crippen molar-refractivity contribution in [3.05, 3.63) is 35.3 Å². The van der Waals surface area contributed by atoms with Gasteiger partial charge in [-0.05, 0) is 44.8 Å². The monoisotopic (exact) mass is 337 g/mol. The molecule has 2 rings (SSSR count). The molecule has 1 aromatic rings. The number of aromatic nitrogens is 1. The van der Waals surface area contributed by atoms with Gasteiger partial charge in [0.1, 0.15) is 5.82 Å². The highest BCUT2D eigenvalue weighted by Crippen LogP contribution is 2.39. The molecule has 0 radical (unpaired) electrons. The van der Waals surface area contributed by atoms with E-state index in [2.05, 4.69) is 4.98 Å². The van der Waals surface area contributed by atoms with Gasteiger partial charge in [0.2, 0.25) is 0 Å². The van der Waals surface area contributed by atoms with Gasteiger partial charge in [0, 0.05) is 18.9 Å². The number of carbonyl (C=O) groups is 1. The van der Waals surface area contributed by atoms with Crippen LogP contribution in [0.5, 0.6) is 0 Å². The Hall–Kier alpha value is -1.18. The van der Waals surface area contributed by atoms with E-state index in [1.807, 2.05) is 27.7 Å². The minimum absolute atomic E-state index is 0.00443. The third-order valence-corrected chi connectivity index (χ3v) is 4.96. The van der Waals surface area contributed by atoms with Crippen LogP contribution < -0.4 is 0 Å². The zero-order chi connectivity index (χ0) is 17.3. The molecule has 1 saturated heterocycles. The van der Waals surface area contributed by atoms with Crippen LogP contribution >= 0.6 is 11.8 Å². The summed E-state index contributed by atoms with van der Waals surface area (Å²) in [6.45, 7) is 9.37. The summed E-state index contributed by atoms with van der Waals surface area (Å²) < 4.78 is 25.4. The molecular formula is C16H21BFNO3S. The lowest BCUT2D eigenvalue weighted by atomic mass is 9.78. The van der Waals surface area contributed by atoms with E-state index in [9.17, 15) is 9.18 Å². The number of pyridine rings is 1. The Kier molecular flexibility index (Phi) is 5.33. The van der Waals surface area contributed by atoms with Gasteiger partial charge in [-0.15, -0.1) is 0 Å². The second-order valence-corrected chi connectivity index (χ2v) is 7.68. The maximum atomic E-state index is 13.3. The van der Waals surface area contributed by atoms with E-state index in [1.54, 1.807) is 12.3 Å². The molecule has 1 aromatic heterocycles. The summed E-state index contributed by atoms with van der Waals surface area (Å²) in [7, 11) is -0.574. The van der Waals surface area contributed by atoms with Gasteiger partial charge in [-0.25, -0.2) is 4.39 Å². The van der Waals surface area contributed by atoms with Gasteiger partial charge in [-0.1, -0.05) is 17.8 Å². The Balaban J connectivity index is 2.30. The third kappa shape index (κ3) is 4.43. The second kappa shape index (κ2) is 6.75. The summed E-state index contributed by atoms with van der Waals surface area (Å²) in [6.07, 6.45) is 4.48. The number of rotatable bonds is 4. The lowest BCUT2D eigenvalue weighted by molar-refractivity contribution is -0.109. The normalized spacial score (nSPS) is 19.9. The average Bonchev–Trinajstić information content (AvgIpc) is 2.63. The molecule has 0 atom stereocenters. The van der Waals surface area contributed by atoms with E-state index in [0.717, 1.165) is 11.7 Å². The molecule has 0 bridgehead atoms. The van der Waals surface area contributed by atoms with E-state index < -0.39 is 24.1 Å². The number of hydrogen-bond acceptors (Lipinski definition) is 5. The summed E-state index contributed by atoms with van der Waals surface area (Å²) in [5.41, 5.74) is 0.436. The third-order valence-electron chi connectivity index (χ3n) is 4.08. The fourth-order valence-electron chi connectivity index (χ4n) is 2.08. The summed E-state index contributed by atoms with van der Waals surface area (Å²) in [4.78, 5) is 15.1. The topological polar surface area (TPSA) is 48.4 Å². The highest BCUT2D eigenvalue weighted by Gasteiger charge is 2.52. The molecule has 7 heteroatoms. The van der Waals surface area contributed by atoms with Gasteiger partial charge < -0.3 is 9.31 Å². The quantitative estimate of drug-likeness (QED) is 0.787. The fraction of sp³-hybridized carbons (Fsp3) is 0.500. The van der Waals surface area contributed by atoms with Crippen LogP contribution in [0.15, 0.2) is 23.9 Å². The second-order valence-electron chi connectivity index (χ2n) is 6.52. The van der Waals surface area contributed by atoms with Gasteiger partial charge in [0.15, 0.2) is 5.12 Å². The molecule has 2 heterocycles. The predicted molar refractivity (Wildman–Crippen MR) is 91.4 cm³/mol. The van der Waals surface area contributed by atoms with Gasteiger partial charge in [-0.2, -0.15) is 0 Å². The van der Waals surface area contributed by atoms with Crippen molar-refractivity contribution < 1.29 is 18.5 Å². The first kappa shape index (κ1) is 18.2. The van der Waals surface area contributed by atoms with Crippen molar-refractivity contribution in [1.29, 1.82) is 0 Å². The Morgan fingerprint density at radius 2 is 1.91 bits per heavy atom. The fourth-order valence-corrected chi connectivity index (χ4v) is 2.67. The van der Waals surface area contributed by atoms with E-state index in [1.165, 1.54) is 24.8 Å². The summed E-state index contributed by atoms with van der Waals surface area (Å²) in [5, 5.41) is 0.00443. The predicted octanol–water partition coefficient (Wildman–Crippen LogP) is 3.52. The Bertz CT molecular complexity index is 618. The van der Waals surface area contributed by atoms with Crippen molar-refractivity contribution in [3.8, 4) is 0 Å². The molecule has 0 aromatic carbocycles. The standard InChI is InChI=1S/C16H21BFNO3S/c1-11(20)23-10-13(6-12-7-14(18)9-19-8-12)17-21-15(2,3)16(4,5)22-17/h6-9H,10H2,1-5H3. The SMILES string of the molecule is CC(=O)SCC(=Cc1cncc(F)c1)B1OC(C)(C)C(C)(C)O1. The Morgan fingerprint density at radius 3 is 2.43 bits per heavy atom. The number of hydrogen-bond donors (Lipinski definition) is 0. The molecule has 23 heavy (non-hydrogen) atoms. The van der Waals surface area contributed by atoms with Crippen LogP contribution in [-0.4, -0.2) is 34.2 Å². The van der Waals surface area contributed by atoms with Gasteiger partial charge in [0.05, 0.1) is 17.4 Å². The molecule has 0 amide bonds. The van der Waals surface area contributed by atoms with E-state index >= 15 is 0 Å². The van der Waals surface area contributed by atoms with Gasteiger partial charge in [-0.3, -0.25) is 9.78 Å². The van der Waals surface area contributed by atoms with Gasteiger partial charge >= 0.3 is 7.12 Å². The smallest absolute Gasteiger partial charge is 0.400 e. The van der Waals surface area contributed by atoms with Crippen molar-refractivity contribution in [1.82, 2.24) is 4.98 Å². The Labute approximate surface area is 141 Å². The summed E-state index contributed by atoms with van der Waals surface area (Å²) in [5.74, 6) is 0.00843. The molecule has 4 nitrogen and oxygen atoms in total. The summed E-state index contributed by atoms with van der Waals surface area (Å²) >= 11 is 1.17. The molecule has 0 aliphatic carbocycles. The van der Waals surface area contributed by atoms with Crippen LogP contribution in [-0.2, 0) is 14.1 Å². The first-order chi connectivity index (χ1) is 10.6. The molecule has 124 valence electrons. The van der Waals surface area contributed by atoms with Crippen LogP contribution in [0.25, 0.3) is 6.08 Å². The molecule has 1 aliphatic heterocycles. The molecule has 1 aliphatic rings. The zero-order valence-electron chi connectivity index (χ0n) is 14.1. The summed E-state index contributed by atoms with van der Waals surface area (Å²) in [6, 6.07) is 1.39. The van der Waals surface area contributed by atoms with Crippen molar-refractivity contribution in [2.24, 2.45) is 0 Å². The minimum Gasteiger partial charge on any atom is -0.400 e. The largest absolute Gasteiger partial charge is 0.491 e. The first-order valence-corrected chi connectivity index (χ1v) is 8.39. The maximum Gasteiger partial charge on any atom is 0.491 e. The van der Waals surface area contributed by atoms with Crippen molar-refractivity contribution >= 4 is 30.1 Å². The Morgan fingerprint density at radius 1 is 1.30 bits per heavy atom. The van der Waals surface area contributed by atoms with E-state index in [0.29, 0.717) is 11.3 Å². The maximum absolute atomic E-state index is 13.3. The number of nitrogens with zero attached hydrogens (tertiary/aromatic N) is 1. The van der Waals surface area contributed by atoms with Crippen molar-refractivity contribution in [2.75, 3.05) is 5.75 Å². The van der Waals surface area contributed by atoms with Crippen LogP contribution in [0.3, 0.4) is 0 Å². The van der Waals surface area contributed by atoms with E-state index in [-0.39, 0.29) is 5.12 Å².